The van der Waals surface area contributed by atoms with Crippen LogP contribution in [0.2, 0.25) is 0 Å². The largest absolute Gasteiger partial charge is 0.437 e. The summed E-state index contributed by atoms with van der Waals surface area (Å²) in [6.45, 7) is 7.20. The normalized spacial score (nSPS) is 15.2. The van der Waals surface area contributed by atoms with Crippen molar-refractivity contribution in [3.8, 4) is 11.5 Å². The molecular formula is C24H28N2O2. The lowest BCUT2D eigenvalue weighted by atomic mass is 9.77. The van der Waals surface area contributed by atoms with Gasteiger partial charge in [-0.15, -0.1) is 5.10 Å². The predicted molar refractivity (Wildman–Crippen MR) is 112 cm³/mol. The van der Waals surface area contributed by atoms with Crippen LogP contribution in [0.1, 0.15) is 69.1 Å². The molecule has 4 rings (SSSR count). The van der Waals surface area contributed by atoms with Crippen LogP contribution in [0.5, 0.6) is 0 Å². The molecule has 3 aromatic rings. The van der Waals surface area contributed by atoms with E-state index < -0.39 is 5.76 Å². The van der Waals surface area contributed by atoms with Gasteiger partial charge in [-0.3, -0.25) is 0 Å². The van der Waals surface area contributed by atoms with Crippen molar-refractivity contribution in [1.29, 1.82) is 0 Å². The Balaban J connectivity index is 1.73. The number of rotatable bonds is 4. The molecule has 0 spiro atoms. The summed E-state index contributed by atoms with van der Waals surface area (Å²) in [6, 6.07) is 16.1. The van der Waals surface area contributed by atoms with E-state index >= 15 is 0 Å². The van der Waals surface area contributed by atoms with Gasteiger partial charge in [-0.2, -0.15) is 4.68 Å². The first-order chi connectivity index (χ1) is 13.4. The third-order valence-electron chi connectivity index (χ3n) is 5.68. The molecule has 4 heteroatoms. The highest BCUT2D eigenvalue weighted by Crippen LogP contribution is 2.41. The maximum atomic E-state index is 12.5. The molecule has 28 heavy (non-hydrogen) atoms. The Bertz CT molecular complexity index is 1000. The third-order valence-corrected chi connectivity index (χ3v) is 5.68. The van der Waals surface area contributed by atoms with Gasteiger partial charge in [-0.1, -0.05) is 70.0 Å². The van der Waals surface area contributed by atoms with Gasteiger partial charge in [0.1, 0.15) is 0 Å². The first kappa shape index (κ1) is 18.7. The molecule has 0 saturated heterocycles. The molecule has 4 nitrogen and oxygen atoms in total. The van der Waals surface area contributed by atoms with E-state index in [2.05, 4.69) is 44.1 Å². The highest BCUT2D eigenvalue weighted by molar-refractivity contribution is 5.51. The summed E-state index contributed by atoms with van der Waals surface area (Å²) in [5.41, 5.74) is 4.78. The van der Waals surface area contributed by atoms with Gasteiger partial charge in [-0.25, -0.2) is 4.79 Å². The van der Waals surface area contributed by atoms with Gasteiger partial charge in [0.2, 0.25) is 5.89 Å². The highest BCUT2D eigenvalue weighted by Gasteiger charge is 2.28. The lowest BCUT2D eigenvalue weighted by molar-refractivity contribution is 0.490. The monoisotopic (exact) mass is 376 g/mol. The van der Waals surface area contributed by atoms with Crippen molar-refractivity contribution in [2.45, 2.75) is 64.3 Å². The van der Waals surface area contributed by atoms with E-state index in [1.54, 1.807) is 0 Å². The van der Waals surface area contributed by atoms with Gasteiger partial charge in [0.25, 0.3) is 0 Å². The Morgan fingerprint density at radius 2 is 1.75 bits per heavy atom. The van der Waals surface area contributed by atoms with Crippen LogP contribution >= 0.6 is 0 Å². The maximum absolute atomic E-state index is 12.5. The average molecular weight is 377 g/mol. The Morgan fingerprint density at radius 1 is 1.04 bits per heavy atom. The smallest absolute Gasteiger partial charge is 0.388 e. The fourth-order valence-electron chi connectivity index (χ4n) is 4.51. The summed E-state index contributed by atoms with van der Waals surface area (Å²) in [5.74, 6) is 0.586. The minimum atomic E-state index is -0.412. The second-order valence-electron chi connectivity index (χ2n) is 8.81. The summed E-state index contributed by atoms with van der Waals surface area (Å²) < 4.78 is 6.87. The van der Waals surface area contributed by atoms with Crippen molar-refractivity contribution in [3.05, 3.63) is 75.8 Å². The molecule has 0 radical (unpaired) electrons. The zero-order valence-electron chi connectivity index (χ0n) is 16.9. The van der Waals surface area contributed by atoms with E-state index in [-0.39, 0.29) is 5.41 Å². The molecule has 2 aromatic carbocycles. The summed E-state index contributed by atoms with van der Waals surface area (Å²) in [6.07, 6.45) is 5.13. The molecule has 146 valence electrons. The number of hydrogen-bond acceptors (Lipinski definition) is 3. The summed E-state index contributed by atoms with van der Waals surface area (Å²) in [7, 11) is 0. The molecule has 1 aliphatic rings. The molecule has 0 unspecified atom stereocenters. The van der Waals surface area contributed by atoms with Gasteiger partial charge in [0.15, 0.2) is 0 Å². The lowest BCUT2D eigenvalue weighted by Crippen LogP contribution is -2.23. The molecule has 1 saturated carbocycles. The lowest BCUT2D eigenvalue weighted by Gasteiger charge is -2.29. The standard InChI is InChI=1S/C24H28N2O2/c1-24(2,3)21-19(14-9-15-20(21)17-10-7-8-11-17)16-26-23(27)28-22(25-26)18-12-5-4-6-13-18/h4-6,9,12-15,17H,7-8,10-11,16H2,1-3H3. The predicted octanol–water partition coefficient (Wildman–Crippen LogP) is 5.51. The quantitative estimate of drug-likeness (QED) is 0.603. The van der Waals surface area contributed by atoms with Crippen molar-refractivity contribution >= 4 is 0 Å². The van der Waals surface area contributed by atoms with Crippen LogP contribution in [0, 0.1) is 0 Å². The third kappa shape index (κ3) is 3.68. The Hall–Kier alpha value is -2.62. The van der Waals surface area contributed by atoms with Crippen molar-refractivity contribution in [3.63, 3.8) is 0 Å². The second kappa shape index (κ2) is 7.42. The molecular weight excluding hydrogens is 348 g/mol. The van der Waals surface area contributed by atoms with Gasteiger partial charge in [0.05, 0.1) is 6.54 Å². The molecule has 0 bridgehead atoms. The minimum Gasteiger partial charge on any atom is -0.388 e. The van der Waals surface area contributed by atoms with Crippen molar-refractivity contribution < 1.29 is 4.42 Å². The van der Waals surface area contributed by atoms with E-state index in [9.17, 15) is 4.79 Å². The van der Waals surface area contributed by atoms with Crippen molar-refractivity contribution in [2.24, 2.45) is 0 Å². The van der Waals surface area contributed by atoms with E-state index in [4.69, 9.17) is 4.42 Å². The summed E-state index contributed by atoms with van der Waals surface area (Å²) in [4.78, 5) is 12.5. The van der Waals surface area contributed by atoms with Crippen LogP contribution in [0.3, 0.4) is 0 Å². The van der Waals surface area contributed by atoms with Gasteiger partial charge >= 0.3 is 5.76 Å². The zero-order chi connectivity index (χ0) is 19.7. The summed E-state index contributed by atoms with van der Waals surface area (Å²) >= 11 is 0. The molecule has 0 N–H and O–H groups in total. The molecule has 1 heterocycles. The molecule has 1 aromatic heterocycles. The molecule has 0 aliphatic heterocycles. The van der Waals surface area contributed by atoms with E-state index in [0.29, 0.717) is 18.4 Å². The fourth-order valence-corrected chi connectivity index (χ4v) is 4.51. The van der Waals surface area contributed by atoms with Crippen LogP contribution in [0.15, 0.2) is 57.7 Å². The van der Waals surface area contributed by atoms with Crippen molar-refractivity contribution in [2.75, 3.05) is 0 Å². The summed E-state index contributed by atoms with van der Waals surface area (Å²) in [5, 5.41) is 4.46. The SMILES string of the molecule is CC(C)(C)c1c(Cn2nc(-c3ccccc3)oc2=O)cccc1C1CCCC1. The van der Waals surface area contributed by atoms with Crippen LogP contribution < -0.4 is 5.76 Å². The second-order valence-corrected chi connectivity index (χ2v) is 8.81. The Kier molecular flexibility index (Phi) is 4.96. The van der Waals surface area contributed by atoms with Crippen LogP contribution in [-0.4, -0.2) is 9.78 Å². The number of benzene rings is 2. The molecule has 0 atom stereocenters. The first-order valence-electron chi connectivity index (χ1n) is 10.2. The number of hydrogen-bond donors (Lipinski definition) is 0. The van der Waals surface area contributed by atoms with Crippen molar-refractivity contribution in [1.82, 2.24) is 9.78 Å². The Morgan fingerprint density at radius 3 is 2.43 bits per heavy atom. The number of aromatic nitrogens is 2. The van der Waals surface area contributed by atoms with E-state index in [0.717, 1.165) is 11.1 Å². The molecule has 0 amide bonds. The van der Waals surface area contributed by atoms with Gasteiger partial charge < -0.3 is 4.42 Å². The van der Waals surface area contributed by atoms with Gasteiger partial charge in [0, 0.05) is 5.56 Å². The number of nitrogens with zero attached hydrogens (tertiary/aromatic N) is 2. The molecule has 1 aliphatic carbocycles. The minimum absolute atomic E-state index is 0.00409. The van der Waals surface area contributed by atoms with Crippen LogP contribution in [-0.2, 0) is 12.0 Å². The van der Waals surface area contributed by atoms with Crippen LogP contribution in [0.4, 0.5) is 0 Å². The van der Waals surface area contributed by atoms with E-state index in [1.165, 1.54) is 41.5 Å². The topological polar surface area (TPSA) is 48.0 Å². The highest BCUT2D eigenvalue weighted by atomic mass is 16.4. The van der Waals surface area contributed by atoms with Crippen LogP contribution in [0.25, 0.3) is 11.5 Å². The first-order valence-corrected chi connectivity index (χ1v) is 10.2. The molecule has 1 fully saturated rings. The maximum Gasteiger partial charge on any atom is 0.437 e. The van der Waals surface area contributed by atoms with E-state index in [1.807, 2.05) is 30.3 Å². The van der Waals surface area contributed by atoms with Gasteiger partial charge in [-0.05, 0) is 53.0 Å². The zero-order valence-corrected chi connectivity index (χ0v) is 16.9. The fraction of sp³-hybridized carbons (Fsp3) is 0.417. The average Bonchev–Trinajstić information content (AvgIpc) is 3.32. The Labute approximate surface area is 166 Å².